The Kier molecular flexibility index (Phi) is 7.17. The van der Waals surface area contributed by atoms with Crippen molar-refractivity contribution >= 4 is 0 Å². The van der Waals surface area contributed by atoms with Crippen molar-refractivity contribution in [3.63, 3.8) is 0 Å². The summed E-state index contributed by atoms with van der Waals surface area (Å²) in [5, 5.41) is 3.50. The molecule has 0 fully saturated rings. The lowest BCUT2D eigenvalue weighted by Gasteiger charge is -2.15. The molecule has 1 nitrogen and oxygen atoms in total. The zero-order valence-electron chi connectivity index (χ0n) is 8.93. The molecule has 2 atom stereocenters. The van der Waals surface area contributed by atoms with Gasteiger partial charge in [-0.2, -0.15) is 0 Å². The number of hydrogen-bond acceptors (Lipinski definition) is 1. The smallest absolute Gasteiger partial charge is 0.0224 e. The predicted molar refractivity (Wildman–Crippen MR) is 56.4 cm³/mol. The van der Waals surface area contributed by atoms with Crippen molar-refractivity contribution in [3.05, 3.63) is 12.2 Å². The van der Waals surface area contributed by atoms with Gasteiger partial charge in [-0.1, -0.05) is 32.4 Å². The van der Waals surface area contributed by atoms with Gasteiger partial charge in [0.05, 0.1) is 0 Å². The summed E-state index contributed by atoms with van der Waals surface area (Å²) in [7, 11) is 0. The maximum absolute atomic E-state index is 3.50. The molecule has 0 aliphatic rings. The monoisotopic (exact) mass is 169 g/mol. The van der Waals surface area contributed by atoms with E-state index in [4.69, 9.17) is 0 Å². The maximum atomic E-state index is 3.50. The van der Waals surface area contributed by atoms with E-state index in [1.165, 1.54) is 19.3 Å². The van der Waals surface area contributed by atoms with Crippen LogP contribution in [0.1, 0.15) is 47.0 Å². The summed E-state index contributed by atoms with van der Waals surface area (Å²) in [5.74, 6) is 0. The van der Waals surface area contributed by atoms with Crippen LogP contribution in [0.3, 0.4) is 0 Å². The molecule has 0 rings (SSSR count). The average Bonchev–Trinajstić information content (AvgIpc) is 2.05. The minimum Gasteiger partial charge on any atom is -0.308 e. The third-order valence-corrected chi connectivity index (χ3v) is 2.04. The normalized spacial score (nSPS) is 16.7. The van der Waals surface area contributed by atoms with E-state index in [-0.39, 0.29) is 0 Å². The zero-order chi connectivity index (χ0) is 9.40. The van der Waals surface area contributed by atoms with Crippen LogP contribution < -0.4 is 5.32 Å². The van der Waals surface area contributed by atoms with Crippen LogP contribution in [-0.4, -0.2) is 12.1 Å². The molecule has 0 amide bonds. The third-order valence-electron chi connectivity index (χ3n) is 2.04. The van der Waals surface area contributed by atoms with Gasteiger partial charge in [0, 0.05) is 12.1 Å². The fraction of sp³-hybridized carbons (Fsp3) is 0.818. The van der Waals surface area contributed by atoms with E-state index in [1.54, 1.807) is 0 Å². The van der Waals surface area contributed by atoms with Crippen LogP contribution in [0, 0.1) is 0 Å². The van der Waals surface area contributed by atoms with Crippen LogP contribution in [0.5, 0.6) is 0 Å². The lowest BCUT2D eigenvalue weighted by atomic mass is 10.2. The molecule has 1 N–H and O–H groups in total. The third kappa shape index (κ3) is 6.41. The highest BCUT2D eigenvalue weighted by Crippen LogP contribution is 1.95. The predicted octanol–water partition coefficient (Wildman–Crippen LogP) is 3.12. The Morgan fingerprint density at radius 1 is 1.25 bits per heavy atom. The number of nitrogens with one attached hydrogen (secondary N) is 1. The lowest BCUT2D eigenvalue weighted by molar-refractivity contribution is 0.503. The molecule has 0 aliphatic carbocycles. The van der Waals surface area contributed by atoms with Gasteiger partial charge in [0.25, 0.3) is 0 Å². The zero-order valence-corrected chi connectivity index (χ0v) is 8.93. The summed E-state index contributed by atoms with van der Waals surface area (Å²) in [5.41, 5.74) is 0. The second-order valence-electron chi connectivity index (χ2n) is 3.48. The van der Waals surface area contributed by atoms with Crippen molar-refractivity contribution in [1.29, 1.82) is 0 Å². The highest BCUT2D eigenvalue weighted by molar-refractivity contribution is 4.91. The average molecular weight is 169 g/mol. The van der Waals surface area contributed by atoms with Crippen LogP contribution >= 0.6 is 0 Å². The van der Waals surface area contributed by atoms with E-state index < -0.39 is 0 Å². The van der Waals surface area contributed by atoms with Crippen molar-refractivity contribution in [3.8, 4) is 0 Å². The summed E-state index contributed by atoms with van der Waals surface area (Å²) in [6.45, 7) is 8.85. The van der Waals surface area contributed by atoms with E-state index in [0.717, 1.165) is 0 Å². The molecule has 72 valence electrons. The van der Waals surface area contributed by atoms with Gasteiger partial charge in [-0.15, -0.1) is 0 Å². The Morgan fingerprint density at radius 2 is 1.92 bits per heavy atom. The fourth-order valence-corrected chi connectivity index (χ4v) is 1.09. The Hall–Kier alpha value is -0.300. The Labute approximate surface area is 77.2 Å². The van der Waals surface area contributed by atoms with Crippen LogP contribution in [0.15, 0.2) is 12.2 Å². The molecule has 12 heavy (non-hydrogen) atoms. The SMILES string of the molecule is CCC/C=C\C(C)NC(C)CC. The molecule has 0 aromatic carbocycles. The Morgan fingerprint density at radius 3 is 2.42 bits per heavy atom. The second-order valence-corrected chi connectivity index (χ2v) is 3.48. The molecule has 0 heterocycles. The standard InChI is InChI=1S/C11H23N/c1-5-7-8-9-11(4)12-10(3)6-2/h8-12H,5-7H2,1-4H3/b9-8-. The highest BCUT2D eigenvalue weighted by Gasteiger charge is 2.00. The van der Waals surface area contributed by atoms with Crippen LogP contribution in [0.4, 0.5) is 0 Å². The summed E-state index contributed by atoms with van der Waals surface area (Å²) in [6.07, 6.45) is 8.17. The maximum Gasteiger partial charge on any atom is 0.0224 e. The number of allylic oxidation sites excluding steroid dienone is 1. The minimum absolute atomic E-state index is 0.520. The van der Waals surface area contributed by atoms with E-state index >= 15 is 0 Å². The molecule has 0 saturated heterocycles. The van der Waals surface area contributed by atoms with Gasteiger partial charge < -0.3 is 5.32 Å². The number of unbranched alkanes of at least 4 members (excludes halogenated alkanes) is 1. The van der Waals surface area contributed by atoms with Crippen molar-refractivity contribution < 1.29 is 0 Å². The lowest BCUT2D eigenvalue weighted by Crippen LogP contribution is -2.32. The molecule has 0 spiro atoms. The van der Waals surface area contributed by atoms with Gasteiger partial charge in [0.1, 0.15) is 0 Å². The Bertz CT molecular complexity index is 118. The van der Waals surface area contributed by atoms with E-state index in [2.05, 4.69) is 45.2 Å². The molecule has 0 radical (unpaired) electrons. The first-order valence-corrected chi connectivity index (χ1v) is 5.13. The van der Waals surface area contributed by atoms with Gasteiger partial charge in [0.2, 0.25) is 0 Å². The van der Waals surface area contributed by atoms with Gasteiger partial charge in [-0.3, -0.25) is 0 Å². The first kappa shape index (κ1) is 11.7. The Balaban J connectivity index is 3.50. The number of hydrogen-bond donors (Lipinski definition) is 1. The van der Waals surface area contributed by atoms with E-state index in [1.807, 2.05) is 0 Å². The topological polar surface area (TPSA) is 12.0 Å². The van der Waals surface area contributed by atoms with Crippen LogP contribution in [0.2, 0.25) is 0 Å². The van der Waals surface area contributed by atoms with Crippen molar-refractivity contribution in [2.75, 3.05) is 0 Å². The first-order chi connectivity index (χ1) is 5.70. The summed E-state index contributed by atoms with van der Waals surface area (Å²) >= 11 is 0. The quantitative estimate of drug-likeness (QED) is 0.602. The van der Waals surface area contributed by atoms with Crippen molar-refractivity contribution in [2.24, 2.45) is 0 Å². The molecule has 0 saturated carbocycles. The molecule has 0 bridgehead atoms. The summed E-state index contributed by atoms with van der Waals surface area (Å²) in [4.78, 5) is 0. The van der Waals surface area contributed by atoms with Crippen molar-refractivity contribution in [1.82, 2.24) is 5.32 Å². The highest BCUT2D eigenvalue weighted by atomic mass is 14.9. The first-order valence-electron chi connectivity index (χ1n) is 5.13. The van der Waals surface area contributed by atoms with Gasteiger partial charge in [0.15, 0.2) is 0 Å². The fourth-order valence-electron chi connectivity index (χ4n) is 1.09. The van der Waals surface area contributed by atoms with Crippen LogP contribution in [-0.2, 0) is 0 Å². The number of rotatable bonds is 6. The molecule has 2 unspecified atom stereocenters. The molecular weight excluding hydrogens is 146 g/mol. The van der Waals surface area contributed by atoms with Gasteiger partial charge >= 0.3 is 0 Å². The van der Waals surface area contributed by atoms with Gasteiger partial charge in [-0.25, -0.2) is 0 Å². The molecule has 0 aliphatic heterocycles. The van der Waals surface area contributed by atoms with E-state index in [0.29, 0.717) is 12.1 Å². The summed E-state index contributed by atoms with van der Waals surface area (Å²) in [6, 6.07) is 1.15. The molecular formula is C11H23N. The largest absolute Gasteiger partial charge is 0.308 e. The van der Waals surface area contributed by atoms with E-state index in [9.17, 15) is 0 Å². The molecule has 0 aromatic rings. The minimum atomic E-state index is 0.520. The van der Waals surface area contributed by atoms with Gasteiger partial charge in [-0.05, 0) is 26.7 Å². The molecule has 1 heteroatoms. The van der Waals surface area contributed by atoms with Crippen LogP contribution in [0.25, 0.3) is 0 Å². The second kappa shape index (κ2) is 7.35. The molecule has 0 aromatic heterocycles. The van der Waals surface area contributed by atoms with Crippen molar-refractivity contribution in [2.45, 2.75) is 59.0 Å². The summed E-state index contributed by atoms with van der Waals surface area (Å²) < 4.78 is 0.